The molecule has 1 amide bonds. The molecule has 0 spiro atoms. The van der Waals surface area contributed by atoms with Gasteiger partial charge in [-0.3, -0.25) is 4.79 Å². The van der Waals surface area contributed by atoms with E-state index in [1.165, 1.54) is 6.42 Å². The second kappa shape index (κ2) is 6.70. The molecule has 0 radical (unpaired) electrons. The van der Waals surface area contributed by atoms with Crippen LogP contribution < -0.4 is 0 Å². The van der Waals surface area contributed by atoms with Crippen LogP contribution in [0.5, 0.6) is 0 Å². The van der Waals surface area contributed by atoms with E-state index in [-0.39, 0.29) is 11.9 Å². The van der Waals surface area contributed by atoms with Gasteiger partial charge in [-0.15, -0.1) is 0 Å². The number of rotatable bonds is 4. The van der Waals surface area contributed by atoms with Gasteiger partial charge in [0.15, 0.2) is 0 Å². The summed E-state index contributed by atoms with van der Waals surface area (Å²) < 4.78 is 3.82. The zero-order chi connectivity index (χ0) is 17.2. The molecule has 0 bridgehead atoms. The molecule has 0 N–H and O–H groups in total. The molecule has 1 fully saturated rings. The Hall–Kier alpha value is -2.63. The van der Waals surface area contributed by atoms with E-state index in [2.05, 4.69) is 19.5 Å². The van der Waals surface area contributed by atoms with Crippen LogP contribution in [-0.2, 0) is 13.5 Å². The Morgan fingerprint density at radius 1 is 1.28 bits per heavy atom. The lowest BCUT2D eigenvalue weighted by Crippen LogP contribution is -2.44. The summed E-state index contributed by atoms with van der Waals surface area (Å²) in [5, 5.41) is 4.31. The first-order valence-electron chi connectivity index (χ1n) is 8.93. The Labute approximate surface area is 147 Å². The quantitative estimate of drug-likeness (QED) is 0.735. The lowest BCUT2D eigenvalue weighted by Gasteiger charge is -2.35. The summed E-state index contributed by atoms with van der Waals surface area (Å²) in [6.45, 7) is 0.828. The standard InChI is InChI=1S/C19H23N5O/c1-22-13-10-20-18(22)9-8-15-6-2-4-11-23(15)19(25)16-14-21-24-12-5-3-7-17(16)24/h3,5,7,10,12-15H,2,4,6,8-9,11H2,1H3. The molecule has 0 aliphatic carbocycles. The number of aryl methyl sites for hydroxylation is 2. The van der Waals surface area contributed by atoms with Gasteiger partial charge < -0.3 is 9.47 Å². The third kappa shape index (κ3) is 3.04. The number of carbonyl (C=O) groups excluding carboxylic acids is 1. The minimum Gasteiger partial charge on any atom is -0.338 e. The molecule has 1 aliphatic rings. The first-order valence-corrected chi connectivity index (χ1v) is 8.93. The molecule has 1 aliphatic heterocycles. The molecule has 6 nitrogen and oxygen atoms in total. The molecule has 130 valence electrons. The fourth-order valence-electron chi connectivity index (χ4n) is 3.76. The molecular formula is C19H23N5O. The largest absolute Gasteiger partial charge is 0.338 e. The predicted molar refractivity (Wildman–Crippen MR) is 95.4 cm³/mol. The zero-order valence-corrected chi connectivity index (χ0v) is 14.5. The van der Waals surface area contributed by atoms with Crippen LogP contribution in [0.25, 0.3) is 5.52 Å². The molecule has 6 heteroatoms. The number of hydrogen-bond donors (Lipinski definition) is 0. The van der Waals surface area contributed by atoms with E-state index in [0.29, 0.717) is 5.56 Å². The Morgan fingerprint density at radius 3 is 3.04 bits per heavy atom. The van der Waals surface area contributed by atoms with Crippen molar-refractivity contribution in [3.63, 3.8) is 0 Å². The second-order valence-corrected chi connectivity index (χ2v) is 6.73. The lowest BCUT2D eigenvalue weighted by molar-refractivity contribution is 0.0603. The number of amides is 1. The zero-order valence-electron chi connectivity index (χ0n) is 14.5. The summed E-state index contributed by atoms with van der Waals surface area (Å²) in [4.78, 5) is 19.6. The number of carbonyl (C=O) groups is 1. The van der Waals surface area contributed by atoms with E-state index in [0.717, 1.165) is 43.6 Å². The SMILES string of the molecule is Cn1ccnc1CCC1CCCCN1C(=O)c1cnn2ccccc12. The third-order valence-electron chi connectivity index (χ3n) is 5.17. The van der Waals surface area contributed by atoms with Gasteiger partial charge in [-0.05, 0) is 37.8 Å². The number of fused-ring (bicyclic) bond motifs is 1. The summed E-state index contributed by atoms with van der Waals surface area (Å²) in [5.74, 6) is 1.18. The first-order chi connectivity index (χ1) is 12.2. The summed E-state index contributed by atoms with van der Waals surface area (Å²) in [6, 6.07) is 6.09. The van der Waals surface area contributed by atoms with Crippen LogP contribution in [0.3, 0.4) is 0 Å². The Morgan fingerprint density at radius 2 is 2.20 bits per heavy atom. The molecular weight excluding hydrogens is 314 g/mol. The van der Waals surface area contributed by atoms with Crippen LogP contribution in [-0.4, -0.2) is 42.6 Å². The Balaban J connectivity index is 1.54. The van der Waals surface area contributed by atoms with Crippen LogP contribution in [0.4, 0.5) is 0 Å². The van der Waals surface area contributed by atoms with Crippen molar-refractivity contribution in [2.24, 2.45) is 7.05 Å². The van der Waals surface area contributed by atoms with Gasteiger partial charge >= 0.3 is 0 Å². The van der Waals surface area contributed by atoms with Gasteiger partial charge in [-0.2, -0.15) is 5.10 Å². The number of likely N-dealkylation sites (tertiary alicyclic amines) is 1. The molecule has 0 aromatic carbocycles. The van der Waals surface area contributed by atoms with Crippen molar-refractivity contribution in [3.05, 3.63) is 54.4 Å². The van der Waals surface area contributed by atoms with Crippen LogP contribution in [0.2, 0.25) is 0 Å². The normalized spacial score (nSPS) is 18.0. The maximum absolute atomic E-state index is 13.2. The molecule has 4 heterocycles. The maximum Gasteiger partial charge on any atom is 0.257 e. The van der Waals surface area contributed by atoms with Crippen molar-refractivity contribution in [1.29, 1.82) is 0 Å². The highest BCUT2D eigenvalue weighted by Crippen LogP contribution is 2.24. The van der Waals surface area contributed by atoms with Gasteiger partial charge in [0.25, 0.3) is 5.91 Å². The molecule has 4 rings (SSSR count). The summed E-state index contributed by atoms with van der Waals surface area (Å²) in [5.41, 5.74) is 1.57. The van der Waals surface area contributed by atoms with Gasteiger partial charge in [-0.25, -0.2) is 9.50 Å². The highest BCUT2D eigenvalue weighted by atomic mass is 16.2. The fraction of sp³-hybridized carbons (Fsp3) is 0.421. The third-order valence-corrected chi connectivity index (χ3v) is 5.17. The predicted octanol–water partition coefficient (Wildman–Crippen LogP) is 2.70. The molecule has 1 atom stereocenters. The van der Waals surface area contributed by atoms with Crippen molar-refractivity contribution in [3.8, 4) is 0 Å². The van der Waals surface area contributed by atoms with E-state index < -0.39 is 0 Å². The topological polar surface area (TPSA) is 55.4 Å². The first kappa shape index (κ1) is 15.9. The van der Waals surface area contributed by atoms with Crippen LogP contribution in [0.1, 0.15) is 41.9 Å². The number of imidazole rings is 1. The lowest BCUT2D eigenvalue weighted by atomic mass is 9.97. The van der Waals surface area contributed by atoms with Crippen LogP contribution in [0.15, 0.2) is 43.0 Å². The van der Waals surface area contributed by atoms with Gasteiger partial charge in [0.05, 0.1) is 17.3 Å². The van der Waals surface area contributed by atoms with E-state index in [4.69, 9.17) is 0 Å². The highest BCUT2D eigenvalue weighted by molar-refractivity contribution is 6.00. The van der Waals surface area contributed by atoms with E-state index >= 15 is 0 Å². The summed E-state index contributed by atoms with van der Waals surface area (Å²) in [6.07, 6.45) is 12.5. The monoisotopic (exact) mass is 337 g/mol. The number of pyridine rings is 1. The minimum absolute atomic E-state index is 0.103. The van der Waals surface area contributed by atoms with Gasteiger partial charge in [-0.1, -0.05) is 6.07 Å². The molecule has 3 aromatic rings. The Kier molecular flexibility index (Phi) is 4.26. The van der Waals surface area contributed by atoms with Crippen molar-refractivity contribution in [2.75, 3.05) is 6.54 Å². The molecule has 25 heavy (non-hydrogen) atoms. The van der Waals surface area contributed by atoms with Crippen LogP contribution >= 0.6 is 0 Å². The van der Waals surface area contributed by atoms with Crippen molar-refractivity contribution < 1.29 is 4.79 Å². The van der Waals surface area contributed by atoms with Crippen molar-refractivity contribution >= 4 is 11.4 Å². The average molecular weight is 337 g/mol. The summed E-state index contributed by atoms with van der Waals surface area (Å²) >= 11 is 0. The molecule has 0 saturated carbocycles. The summed E-state index contributed by atoms with van der Waals surface area (Å²) in [7, 11) is 2.02. The molecule has 1 unspecified atom stereocenters. The second-order valence-electron chi connectivity index (χ2n) is 6.73. The van der Waals surface area contributed by atoms with Gasteiger partial charge in [0, 0.05) is 44.6 Å². The molecule has 1 saturated heterocycles. The number of hydrogen-bond acceptors (Lipinski definition) is 3. The van der Waals surface area contributed by atoms with Gasteiger partial charge in [0.2, 0.25) is 0 Å². The highest BCUT2D eigenvalue weighted by Gasteiger charge is 2.29. The van der Waals surface area contributed by atoms with Crippen LogP contribution in [0, 0.1) is 0 Å². The smallest absolute Gasteiger partial charge is 0.257 e. The van der Waals surface area contributed by atoms with Crippen molar-refractivity contribution in [1.82, 2.24) is 24.1 Å². The van der Waals surface area contributed by atoms with Gasteiger partial charge in [0.1, 0.15) is 5.82 Å². The van der Waals surface area contributed by atoms with E-state index in [1.54, 1.807) is 10.7 Å². The van der Waals surface area contributed by atoms with E-state index in [9.17, 15) is 4.79 Å². The Bertz CT molecular complexity index is 881. The number of piperidine rings is 1. The average Bonchev–Trinajstić information content (AvgIpc) is 3.26. The minimum atomic E-state index is 0.103. The molecule has 3 aromatic heterocycles. The maximum atomic E-state index is 13.2. The fourth-order valence-corrected chi connectivity index (χ4v) is 3.76. The van der Waals surface area contributed by atoms with E-state index in [1.807, 2.05) is 43.8 Å². The van der Waals surface area contributed by atoms with Crippen molar-refractivity contribution in [2.45, 2.75) is 38.1 Å². The number of aromatic nitrogens is 4. The number of nitrogens with zero attached hydrogens (tertiary/aromatic N) is 5.